The van der Waals surface area contributed by atoms with Crippen LogP contribution in [0.15, 0.2) is 24.3 Å². The van der Waals surface area contributed by atoms with Gasteiger partial charge in [0.15, 0.2) is 0 Å². The van der Waals surface area contributed by atoms with Crippen LogP contribution in [0.2, 0.25) is 0 Å². The first-order valence-corrected chi connectivity index (χ1v) is 6.93. The summed E-state index contributed by atoms with van der Waals surface area (Å²) in [6, 6.07) is 7.81. The standard InChI is InChI=1S/C15H24N2O3/c1-3-4-5-12-6-8-13(9-7-12)16-17-14(20)15(2,10-18)11-19/h6-9,16,18-19H,3-5,10-11H2,1-2H3,(H,17,20). The SMILES string of the molecule is CCCCc1ccc(NNC(=O)C(C)(CO)CO)cc1. The van der Waals surface area contributed by atoms with Crippen LogP contribution >= 0.6 is 0 Å². The molecule has 0 aliphatic rings. The van der Waals surface area contributed by atoms with Crippen molar-refractivity contribution in [3.63, 3.8) is 0 Å². The van der Waals surface area contributed by atoms with Crippen molar-refractivity contribution in [1.29, 1.82) is 0 Å². The van der Waals surface area contributed by atoms with Gasteiger partial charge in [0.1, 0.15) is 0 Å². The number of carbonyl (C=O) groups is 1. The number of carbonyl (C=O) groups excluding carboxylic acids is 1. The summed E-state index contributed by atoms with van der Waals surface area (Å²) in [6.07, 6.45) is 3.38. The lowest BCUT2D eigenvalue weighted by Crippen LogP contribution is -2.46. The van der Waals surface area contributed by atoms with Crippen LogP contribution in [0, 0.1) is 5.41 Å². The maximum absolute atomic E-state index is 11.8. The average molecular weight is 280 g/mol. The Kier molecular flexibility index (Phi) is 6.48. The van der Waals surface area contributed by atoms with Gasteiger partial charge in [0.05, 0.1) is 24.3 Å². The first-order chi connectivity index (χ1) is 9.55. The van der Waals surface area contributed by atoms with Crippen molar-refractivity contribution in [3.05, 3.63) is 29.8 Å². The molecule has 112 valence electrons. The zero-order valence-electron chi connectivity index (χ0n) is 12.1. The average Bonchev–Trinajstić information content (AvgIpc) is 2.50. The molecule has 0 spiro atoms. The summed E-state index contributed by atoms with van der Waals surface area (Å²) in [7, 11) is 0. The summed E-state index contributed by atoms with van der Waals surface area (Å²) >= 11 is 0. The number of benzene rings is 1. The highest BCUT2D eigenvalue weighted by atomic mass is 16.3. The van der Waals surface area contributed by atoms with Crippen LogP contribution in [0.4, 0.5) is 5.69 Å². The molecule has 0 saturated carbocycles. The molecule has 0 unspecified atom stereocenters. The fourth-order valence-corrected chi connectivity index (χ4v) is 1.61. The summed E-state index contributed by atoms with van der Waals surface area (Å²) in [5.41, 5.74) is 6.11. The molecule has 1 aromatic carbocycles. The van der Waals surface area contributed by atoms with Gasteiger partial charge in [0, 0.05) is 0 Å². The number of nitrogens with one attached hydrogen (secondary N) is 2. The molecule has 20 heavy (non-hydrogen) atoms. The van der Waals surface area contributed by atoms with Crippen LogP contribution in [0.5, 0.6) is 0 Å². The summed E-state index contributed by atoms with van der Waals surface area (Å²) in [6.45, 7) is 2.84. The molecule has 1 aromatic rings. The van der Waals surface area contributed by atoms with Gasteiger partial charge >= 0.3 is 0 Å². The second-order valence-corrected chi connectivity index (χ2v) is 5.26. The minimum absolute atomic E-state index is 0.410. The van der Waals surface area contributed by atoms with Gasteiger partial charge in [-0.2, -0.15) is 0 Å². The largest absolute Gasteiger partial charge is 0.395 e. The van der Waals surface area contributed by atoms with Gasteiger partial charge in [-0.1, -0.05) is 25.5 Å². The molecule has 0 aromatic heterocycles. The molecule has 5 nitrogen and oxygen atoms in total. The highest BCUT2D eigenvalue weighted by molar-refractivity contribution is 5.83. The number of hydrazine groups is 1. The minimum atomic E-state index is -1.19. The number of hydrogen-bond donors (Lipinski definition) is 4. The van der Waals surface area contributed by atoms with E-state index in [1.54, 1.807) is 0 Å². The van der Waals surface area contributed by atoms with Crippen molar-refractivity contribution in [2.45, 2.75) is 33.1 Å². The first-order valence-electron chi connectivity index (χ1n) is 6.93. The second-order valence-electron chi connectivity index (χ2n) is 5.26. The Labute approximate surface area is 120 Å². The Bertz CT molecular complexity index is 414. The van der Waals surface area contributed by atoms with Crippen molar-refractivity contribution >= 4 is 11.6 Å². The third-order valence-electron chi connectivity index (χ3n) is 3.34. The molecule has 0 heterocycles. The van der Waals surface area contributed by atoms with E-state index < -0.39 is 24.5 Å². The Morgan fingerprint density at radius 2 is 1.80 bits per heavy atom. The quantitative estimate of drug-likeness (QED) is 0.543. The molecule has 5 heteroatoms. The van der Waals surface area contributed by atoms with E-state index in [0.717, 1.165) is 24.9 Å². The molecular weight excluding hydrogens is 256 g/mol. The number of rotatable bonds is 8. The highest BCUT2D eigenvalue weighted by Crippen LogP contribution is 2.15. The van der Waals surface area contributed by atoms with Gasteiger partial charge < -0.3 is 10.2 Å². The number of anilines is 1. The van der Waals surface area contributed by atoms with E-state index in [1.165, 1.54) is 12.5 Å². The molecule has 0 bridgehead atoms. The molecule has 0 atom stereocenters. The Morgan fingerprint density at radius 1 is 1.20 bits per heavy atom. The van der Waals surface area contributed by atoms with Crippen molar-refractivity contribution in [2.75, 3.05) is 18.6 Å². The summed E-state index contributed by atoms with van der Waals surface area (Å²) in [5.74, 6) is -0.447. The van der Waals surface area contributed by atoms with Gasteiger partial charge in [-0.25, -0.2) is 0 Å². The third-order valence-corrected chi connectivity index (χ3v) is 3.34. The van der Waals surface area contributed by atoms with Crippen molar-refractivity contribution < 1.29 is 15.0 Å². The zero-order valence-corrected chi connectivity index (χ0v) is 12.1. The zero-order chi connectivity index (χ0) is 15.0. The number of aliphatic hydroxyl groups is 2. The maximum Gasteiger partial charge on any atom is 0.248 e. The lowest BCUT2D eigenvalue weighted by atomic mass is 9.92. The van der Waals surface area contributed by atoms with Crippen LogP contribution in [0.25, 0.3) is 0 Å². The Morgan fingerprint density at radius 3 is 2.30 bits per heavy atom. The van der Waals surface area contributed by atoms with E-state index in [1.807, 2.05) is 24.3 Å². The molecule has 0 radical (unpaired) electrons. The summed E-state index contributed by atoms with van der Waals surface area (Å²) in [5, 5.41) is 18.2. The fourth-order valence-electron chi connectivity index (χ4n) is 1.61. The minimum Gasteiger partial charge on any atom is -0.395 e. The molecule has 0 fully saturated rings. The maximum atomic E-state index is 11.8. The molecule has 4 N–H and O–H groups in total. The van der Waals surface area contributed by atoms with Gasteiger partial charge in [0.25, 0.3) is 0 Å². The summed E-state index contributed by atoms with van der Waals surface area (Å²) < 4.78 is 0. The highest BCUT2D eigenvalue weighted by Gasteiger charge is 2.31. The lowest BCUT2D eigenvalue weighted by Gasteiger charge is -2.23. The van der Waals surface area contributed by atoms with Crippen LogP contribution in [0.1, 0.15) is 32.3 Å². The third kappa shape index (κ3) is 4.51. The van der Waals surface area contributed by atoms with Crippen molar-refractivity contribution in [1.82, 2.24) is 5.43 Å². The van der Waals surface area contributed by atoms with Crippen molar-refractivity contribution in [3.8, 4) is 0 Å². The first kappa shape index (κ1) is 16.5. The number of aryl methyl sites for hydroxylation is 1. The number of hydrogen-bond acceptors (Lipinski definition) is 4. The molecule has 1 amide bonds. The Balaban J connectivity index is 2.51. The number of unbranched alkanes of at least 4 members (excludes halogenated alkanes) is 1. The normalized spacial score (nSPS) is 11.2. The predicted octanol–water partition coefficient (Wildman–Crippen LogP) is 1.46. The van der Waals surface area contributed by atoms with E-state index >= 15 is 0 Å². The monoisotopic (exact) mass is 280 g/mol. The van der Waals surface area contributed by atoms with Crippen LogP contribution in [-0.4, -0.2) is 29.3 Å². The van der Waals surface area contributed by atoms with E-state index in [4.69, 9.17) is 10.2 Å². The van der Waals surface area contributed by atoms with E-state index in [0.29, 0.717) is 0 Å². The second kappa shape index (κ2) is 7.87. The molecule has 1 rings (SSSR count). The molecule has 0 saturated heterocycles. The fraction of sp³-hybridized carbons (Fsp3) is 0.533. The molecule has 0 aliphatic carbocycles. The van der Waals surface area contributed by atoms with Gasteiger partial charge in [0.2, 0.25) is 5.91 Å². The van der Waals surface area contributed by atoms with Crippen LogP contribution in [0.3, 0.4) is 0 Å². The van der Waals surface area contributed by atoms with Crippen molar-refractivity contribution in [2.24, 2.45) is 5.41 Å². The van der Waals surface area contributed by atoms with E-state index in [9.17, 15) is 4.79 Å². The lowest BCUT2D eigenvalue weighted by molar-refractivity contribution is -0.134. The predicted molar refractivity (Wildman–Crippen MR) is 79.1 cm³/mol. The molecular formula is C15H24N2O3. The topological polar surface area (TPSA) is 81.6 Å². The van der Waals surface area contributed by atoms with E-state index in [2.05, 4.69) is 17.8 Å². The summed E-state index contributed by atoms with van der Waals surface area (Å²) in [4.78, 5) is 11.8. The van der Waals surface area contributed by atoms with Gasteiger partial charge in [-0.15, -0.1) is 0 Å². The van der Waals surface area contributed by atoms with Crippen LogP contribution < -0.4 is 10.9 Å². The van der Waals surface area contributed by atoms with Gasteiger partial charge in [-0.05, 0) is 37.5 Å². The van der Waals surface area contributed by atoms with E-state index in [-0.39, 0.29) is 0 Å². The smallest absolute Gasteiger partial charge is 0.248 e. The molecule has 0 aliphatic heterocycles. The Hall–Kier alpha value is -1.59. The van der Waals surface area contributed by atoms with Gasteiger partial charge in [-0.3, -0.25) is 15.6 Å². The number of amides is 1. The van der Waals surface area contributed by atoms with Crippen LogP contribution in [-0.2, 0) is 11.2 Å². The number of aliphatic hydroxyl groups excluding tert-OH is 2.